The van der Waals surface area contributed by atoms with Gasteiger partial charge in [-0.3, -0.25) is 0 Å². The van der Waals surface area contributed by atoms with Crippen LogP contribution in [0.4, 0.5) is 0 Å². The maximum absolute atomic E-state index is 10.7. The summed E-state index contributed by atoms with van der Waals surface area (Å²) in [5, 5.41) is 13.2. The summed E-state index contributed by atoms with van der Waals surface area (Å²) in [7, 11) is 0. The normalized spacial score (nSPS) is 16.6. The minimum atomic E-state index is -0.417. The van der Waals surface area contributed by atoms with Crippen molar-refractivity contribution >= 4 is 56.0 Å². The summed E-state index contributed by atoms with van der Waals surface area (Å²) >= 11 is 4.82. The van der Waals surface area contributed by atoms with Gasteiger partial charge >= 0.3 is 0 Å². The van der Waals surface area contributed by atoms with Crippen molar-refractivity contribution in [3.63, 3.8) is 0 Å². The van der Waals surface area contributed by atoms with Crippen molar-refractivity contribution in [3.05, 3.63) is 66.8 Å². The summed E-state index contributed by atoms with van der Waals surface area (Å²) in [6.45, 7) is 0. The molecule has 3 heteroatoms. The second-order valence-corrected chi connectivity index (χ2v) is 7.50. The molecule has 0 heterocycles. The van der Waals surface area contributed by atoms with Crippen molar-refractivity contribution in [3.8, 4) is 11.1 Å². The number of aliphatic hydroxyl groups is 1. The van der Waals surface area contributed by atoms with Crippen LogP contribution in [0.25, 0.3) is 21.9 Å². The Morgan fingerprint density at radius 1 is 0.857 bits per heavy atom. The Hall–Kier alpha value is -0.660. The molecule has 1 unspecified atom stereocenters. The zero-order chi connectivity index (χ0) is 14.6. The zero-order valence-corrected chi connectivity index (χ0v) is 15.4. The van der Waals surface area contributed by atoms with E-state index in [2.05, 4.69) is 93.7 Å². The Balaban J connectivity index is 2.20. The molecule has 0 aliphatic heterocycles. The van der Waals surface area contributed by atoms with Crippen molar-refractivity contribution < 1.29 is 5.11 Å². The fourth-order valence-electron chi connectivity index (χ4n) is 3.20. The predicted octanol–water partition coefficient (Wildman–Crippen LogP) is 5.31. The van der Waals surface area contributed by atoms with E-state index >= 15 is 0 Å². The molecule has 0 aromatic heterocycles. The van der Waals surface area contributed by atoms with Crippen LogP contribution >= 0.6 is 45.2 Å². The average Bonchev–Trinajstić information content (AvgIpc) is 2.51. The molecule has 1 aliphatic rings. The highest BCUT2D eigenvalue weighted by Crippen LogP contribution is 2.46. The molecular weight excluding hydrogens is 486 g/mol. The minimum Gasteiger partial charge on any atom is -0.388 e. The summed E-state index contributed by atoms with van der Waals surface area (Å²) in [6, 6.07) is 16.9. The maximum Gasteiger partial charge on any atom is 0.0847 e. The van der Waals surface area contributed by atoms with Crippen molar-refractivity contribution in [1.82, 2.24) is 0 Å². The Kier molecular flexibility index (Phi) is 3.46. The van der Waals surface area contributed by atoms with E-state index < -0.39 is 6.10 Å². The Labute approximate surface area is 150 Å². The van der Waals surface area contributed by atoms with Crippen molar-refractivity contribution in [2.45, 2.75) is 12.5 Å². The first-order valence-electron chi connectivity index (χ1n) is 6.84. The van der Waals surface area contributed by atoms with E-state index in [0.717, 1.165) is 5.56 Å². The van der Waals surface area contributed by atoms with E-state index in [0.29, 0.717) is 6.42 Å². The maximum atomic E-state index is 10.7. The second kappa shape index (κ2) is 5.21. The zero-order valence-electron chi connectivity index (χ0n) is 11.1. The van der Waals surface area contributed by atoms with Crippen molar-refractivity contribution in [1.29, 1.82) is 0 Å². The van der Waals surface area contributed by atoms with Crippen molar-refractivity contribution in [2.24, 2.45) is 0 Å². The molecule has 1 N–H and O–H groups in total. The van der Waals surface area contributed by atoms with Crippen LogP contribution in [-0.2, 0) is 6.42 Å². The van der Waals surface area contributed by atoms with Crippen LogP contribution in [0.5, 0.6) is 0 Å². The van der Waals surface area contributed by atoms with Gasteiger partial charge in [-0.15, -0.1) is 0 Å². The SMILES string of the molecule is OC1Cc2ccccc2-c2c1c(I)c1ccccc1c2I. The number of benzene rings is 3. The standard InChI is InChI=1S/C18H12I2O/c19-17-12-7-3-4-8-13(12)18(20)16-14(21)9-10-5-1-2-6-11(10)15(16)17/h1-8,14,21H,9H2. The number of hydrogen-bond donors (Lipinski definition) is 1. The molecule has 1 nitrogen and oxygen atoms in total. The van der Waals surface area contributed by atoms with Crippen LogP contribution in [0.2, 0.25) is 0 Å². The number of halogens is 2. The van der Waals surface area contributed by atoms with Gasteiger partial charge in [0.15, 0.2) is 0 Å². The largest absolute Gasteiger partial charge is 0.388 e. The van der Waals surface area contributed by atoms with Gasteiger partial charge in [0.2, 0.25) is 0 Å². The minimum absolute atomic E-state index is 0.417. The molecule has 4 rings (SSSR count). The van der Waals surface area contributed by atoms with Crippen LogP contribution in [0, 0.1) is 7.14 Å². The lowest BCUT2D eigenvalue weighted by molar-refractivity contribution is 0.176. The van der Waals surface area contributed by atoms with E-state index in [-0.39, 0.29) is 0 Å². The molecule has 0 spiro atoms. The number of rotatable bonds is 0. The molecule has 1 aliphatic carbocycles. The summed E-state index contributed by atoms with van der Waals surface area (Å²) in [4.78, 5) is 0. The molecule has 3 aromatic rings. The van der Waals surface area contributed by atoms with E-state index in [1.165, 1.54) is 34.6 Å². The van der Waals surface area contributed by atoms with Gasteiger partial charge in [-0.2, -0.15) is 0 Å². The number of fused-ring (bicyclic) bond motifs is 4. The monoisotopic (exact) mass is 498 g/mol. The quantitative estimate of drug-likeness (QED) is 0.417. The topological polar surface area (TPSA) is 20.2 Å². The van der Waals surface area contributed by atoms with Gasteiger partial charge in [-0.05, 0) is 67.1 Å². The summed E-state index contributed by atoms with van der Waals surface area (Å²) in [5.41, 5.74) is 4.82. The lowest BCUT2D eigenvalue weighted by atomic mass is 9.82. The third-order valence-corrected chi connectivity index (χ3v) is 6.44. The van der Waals surface area contributed by atoms with Gasteiger partial charge in [0.25, 0.3) is 0 Å². The molecule has 3 aromatic carbocycles. The summed E-state index contributed by atoms with van der Waals surface area (Å²) < 4.78 is 2.42. The molecule has 0 bridgehead atoms. The summed E-state index contributed by atoms with van der Waals surface area (Å²) in [6.07, 6.45) is 0.285. The van der Waals surface area contributed by atoms with Gasteiger partial charge in [0.05, 0.1) is 6.10 Å². The predicted molar refractivity (Wildman–Crippen MR) is 103 cm³/mol. The first-order valence-corrected chi connectivity index (χ1v) is 9.00. The fourth-order valence-corrected chi connectivity index (χ4v) is 5.35. The molecule has 0 saturated heterocycles. The molecule has 1 atom stereocenters. The van der Waals surface area contributed by atoms with Crippen LogP contribution in [0.1, 0.15) is 17.2 Å². The molecule has 0 amide bonds. The van der Waals surface area contributed by atoms with E-state index in [4.69, 9.17) is 0 Å². The average molecular weight is 498 g/mol. The molecule has 0 fully saturated rings. The van der Waals surface area contributed by atoms with E-state index in [1.54, 1.807) is 0 Å². The molecule has 0 radical (unpaired) electrons. The van der Waals surface area contributed by atoms with Gasteiger partial charge in [-0.25, -0.2) is 0 Å². The highest BCUT2D eigenvalue weighted by molar-refractivity contribution is 14.1. The number of aliphatic hydroxyl groups excluding tert-OH is 1. The van der Waals surface area contributed by atoms with Crippen LogP contribution in [0.15, 0.2) is 48.5 Å². The smallest absolute Gasteiger partial charge is 0.0847 e. The Morgan fingerprint density at radius 3 is 2.24 bits per heavy atom. The highest BCUT2D eigenvalue weighted by atomic mass is 127. The third kappa shape index (κ3) is 2.04. The van der Waals surface area contributed by atoms with Gasteiger partial charge in [0.1, 0.15) is 0 Å². The van der Waals surface area contributed by atoms with Crippen LogP contribution in [0.3, 0.4) is 0 Å². The lowest BCUT2D eigenvalue weighted by Crippen LogP contribution is -2.14. The van der Waals surface area contributed by atoms with Crippen molar-refractivity contribution in [2.75, 3.05) is 0 Å². The van der Waals surface area contributed by atoms with E-state index in [9.17, 15) is 5.11 Å². The fraction of sp³-hybridized carbons (Fsp3) is 0.111. The lowest BCUT2D eigenvalue weighted by Gasteiger charge is -2.28. The number of hydrogen-bond acceptors (Lipinski definition) is 1. The highest BCUT2D eigenvalue weighted by Gasteiger charge is 2.28. The van der Waals surface area contributed by atoms with Gasteiger partial charge in [-0.1, -0.05) is 48.5 Å². The van der Waals surface area contributed by atoms with Crippen LogP contribution < -0.4 is 0 Å². The molecule has 21 heavy (non-hydrogen) atoms. The molecule has 0 saturated carbocycles. The first-order chi connectivity index (χ1) is 10.2. The van der Waals surface area contributed by atoms with Gasteiger partial charge in [0, 0.05) is 24.7 Å². The first kappa shape index (κ1) is 14.0. The second-order valence-electron chi connectivity index (χ2n) is 5.34. The Morgan fingerprint density at radius 2 is 1.48 bits per heavy atom. The van der Waals surface area contributed by atoms with Gasteiger partial charge < -0.3 is 5.11 Å². The molecular formula is C18H12I2O. The third-order valence-electron chi connectivity index (χ3n) is 4.16. The van der Waals surface area contributed by atoms with E-state index in [1.807, 2.05) is 0 Å². The Bertz CT molecular complexity index is 870. The van der Waals surface area contributed by atoms with Crippen LogP contribution in [-0.4, -0.2) is 5.11 Å². The molecule has 104 valence electrons. The summed E-state index contributed by atoms with van der Waals surface area (Å²) in [5.74, 6) is 0.